The molecule has 0 spiro atoms. The Hall–Kier alpha value is -0.340. The molecule has 0 aromatic heterocycles. The van der Waals surface area contributed by atoms with Gasteiger partial charge in [-0.2, -0.15) is 0 Å². The molecular weight excluding hydrogens is 250 g/mol. The molecule has 1 saturated heterocycles. The highest BCUT2D eigenvalue weighted by Gasteiger charge is 2.26. The van der Waals surface area contributed by atoms with Crippen LogP contribution < -0.4 is 0 Å². The Morgan fingerprint density at radius 3 is 2.13 bits per heavy atom. The van der Waals surface area contributed by atoms with Crippen molar-refractivity contribution in [3.63, 3.8) is 0 Å². The minimum atomic E-state index is 0.782. The second-order valence-corrected chi connectivity index (χ2v) is 6.12. The largest absolute Gasteiger partial charge is 0.328 e. The first-order valence-electron chi connectivity index (χ1n) is 5.64. The summed E-state index contributed by atoms with van der Waals surface area (Å²) >= 11 is 3.48. The molecule has 0 amide bonds. The van der Waals surface area contributed by atoms with Crippen LogP contribution in [-0.4, -0.2) is 31.7 Å². The molecule has 1 fully saturated rings. The van der Waals surface area contributed by atoms with Gasteiger partial charge in [0, 0.05) is 17.3 Å². The fraction of sp³-hybridized carbons (Fsp3) is 0.538. The summed E-state index contributed by atoms with van der Waals surface area (Å²) in [4.78, 5) is 0. The highest BCUT2D eigenvalue weighted by molar-refractivity contribution is 9.10. The van der Waals surface area contributed by atoms with E-state index in [9.17, 15) is 0 Å². The molecule has 0 radical (unpaired) electrons. The first-order chi connectivity index (χ1) is 7.07. The molecule has 0 atom stereocenters. The van der Waals surface area contributed by atoms with Crippen LogP contribution in [0.25, 0.3) is 0 Å². The summed E-state index contributed by atoms with van der Waals surface area (Å²) in [5, 5.41) is 0. The minimum Gasteiger partial charge on any atom is -0.328 e. The van der Waals surface area contributed by atoms with Gasteiger partial charge in [0.25, 0.3) is 0 Å². The van der Waals surface area contributed by atoms with Crippen molar-refractivity contribution in [2.75, 3.05) is 27.2 Å². The van der Waals surface area contributed by atoms with Crippen LogP contribution in [0.15, 0.2) is 28.7 Å². The van der Waals surface area contributed by atoms with Crippen LogP contribution in [0.5, 0.6) is 0 Å². The van der Waals surface area contributed by atoms with Crippen molar-refractivity contribution in [1.29, 1.82) is 0 Å². The summed E-state index contributed by atoms with van der Waals surface area (Å²) in [6, 6.07) is 8.84. The number of rotatable bonds is 1. The van der Waals surface area contributed by atoms with Crippen molar-refractivity contribution in [1.82, 2.24) is 0 Å². The van der Waals surface area contributed by atoms with E-state index in [1.54, 1.807) is 0 Å². The Kier molecular flexibility index (Phi) is 3.17. The lowest BCUT2D eigenvalue weighted by Gasteiger charge is -2.37. The number of hydrogen-bond donors (Lipinski definition) is 0. The molecule has 0 saturated carbocycles. The lowest BCUT2D eigenvalue weighted by molar-refractivity contribution is -0.895. The summed E-state index contributed by atoms with van der Waals surface area (Å²) in [6.45, 7) is 2.61. The molecular formula is C13H19BrN+. The number of hydrogen-bond acceptors (Lipinski definition) is 0. The maximum absolute atomic E-state index is 3.48. The average Bonchev–Trinajstić information content (AvgIpc) is 2.20. The van der Waals surface area contributed by atoms with Gasteiger partial charge >= 0.3 is 0 Å². The van der Waals surface area contributed by atoms with E-state index in [-0.39, 0.29) is 0 Å². The predicted octanol–water partition coefficient (Wildman–Crippen LogP) is 3.40. The van der Waals surface area contributed by atoms with Crippen molar-refractivity contribution in [3.8, 4) is 0 Å². The van der Waals surface area contributed by atoms with Gasteiger partial charge in [-0.3, -0.25) is 0 Å². The Morgan fingerprint density at radius 2 is 1.60 bits per heavy atom. The van der Waals surface area contributed by atoms with E-state index in [4.69, 9.17) is 0 Å². The third kappa shape index (κ3) is 2.82. The Balaban J connectivity index is 2.04. The number of benzene rings is 1. The summed E-state index contributed by atoms with van der Waals surface area (Å²) in [7, 11) is 4.66. The van der Waals surface area contributed by atoms with Crippen molar-refractivity contribution < 1.29 is 4.48 Å². The third-order valence-electron chi connectivity index (χ3n) is 3.51. The average molecular weight is 269 g/mol. The van der Waals surface area contributed by atoms with Gasteiger partial charge < -0.3 is 4.48 Å². The van der Waals surface area contributed by atoms with E-state index >= 15 is 0 Å². The SMILES string of the molecule is C[N+]1(C)CCC(c2ccc(Br)cc2)CC1. The highest BCUT2D eigenvalue weighted by Crippen LogP contribution is 2.30. The normalized spacial score (nSPS) is 21.5. The van der Waals surface area contributed by atoms with Crippen LogP contribution in [0, 0.1) is 0 Å². The molecule has 1 nitrogen and oxygen atoms in total. The van der Waals surface area contributed by atoms with E-state index in [0.717, 1.165) is 5.92 Å². The van der Waals surface area contributed by atoms with E-state index in [1.807, 2.05) is 0 Å². The zero-order valence-electron chi connectivity index (χ0n) is 9.54. The lowest BCUT2D eigenvalue weighted by Crippen LogP contribution is -2.45. The summed E-state index contributed by atoms with van der Waals surface area (Å²) in [5.41, 5.74) is 1.51. The molecule has 1 aromatic carbocycles. The third-order valence-corrected chi connectivity index (χ3v) is 4.04. The Bertz CT molecular complexity index is 319. The van der Waals surface area contributed by atoms with Gasteiger partial charge in [0.1, 0.15) is 0 Å². The molecule has 15 heavy (non-hydrogen) atoms. The molecule has 1 heterocycles. The number of halogens is 1. The van der Waals surface area contributed by atoms with Gasteiger partial charge in [0.05, 0.1) is 27.2 Å². The second-order valence-electron chi connectivity index (χ2n) is 5.21. The van der Waals surface area contributed by atoms with Crippen molar-refractivity contribution >= 4 is 15.9 Å². The topological polar surface area (TPSA) is 0 Å². The molecule has 0 bridgehead atoms. The Morgan fingerprint density at radius 1 is 1.07 bits per heavy atom. The molecule has 0 aliphatic carbocycles. The molecule has 82 valence electrons. The highest BCUT2D eigenvalue weighted by atomic mass is 79.9. The smallest absolute Gasteiger partial charge is 0.0788 e. The maximum Gasteiger partial charge on any atom is 0.0788 e. The van der Waals surface area contributed by atoms with Crippen molar-refractivity contribution in [2.45, 2.75) is 18.8 Å². The molecule has 1 aromatic rings. The fourth-order valence-electron chi connectivity index (χ4n) is 2.34. The van der Waals surface area contributed by atoms with E-state index in [2.05, 4.69) is 54.3 Å². The van der Waals surface area contributed by atoms with Crippen LogP contribution in [0.2, 0.25) is 0 Å². The fourth-order valence-corrected chi connectivity index (χ4v) is 2.60. The quantitative estimate of drug-likeness (QED) is 0.685. The van der Waals surface area contributed by atoms with Gasteiger partial charge in [-0.25, -0.2) is 0 Å². The van der Waals surface area contributed by atoms with Crippen LogP contribution in [0.1, 0.15) is 24.3 Å². The van der Waals surface area contributed by atoms with Crippen molar-refractivity contribution in [2.24, 2.45) is 0 Å². The molecule has 0 N–H and O–H groups in total. The van der Waals surface area contributed by atoms with Gasteiger partial charge in [-0.15, -0.1) is 0 Å². The second kappa shape index (κ2) is 4.26. The van der Waals surface area contributed by atoms with Gasteiger partial charge in [0.15, 0.2) is 0 Å². The van der Waals surface area contributed by atoms with Gasteiger partial charge in [-0.1, -0.05) is 28.1 Å². The molecule has 1 aliphatic rings. The zero-order chi connectivity index (χ0) is 10.9. The first-order valence-corrected chi connectivity index (χ1v) is 6.44. The summed E-state index contributed by atoms with van der Waals surface area (Å²) in [5.74, 6) is 0.782. The molecule has 0 unspecified atom stereocenters. The summed E-state index contributed by atoms with van der Waals surface area (Å²) in [6.07, 6.45) is 2.66. The van der Waals surface area contributed by atoms with Gasteiger partial charge in [-0.05, 0) is 23.6 Å². The number of piperidine rings is 1. The van der Waals surface area contributed by atoms with Crippen LogP contribution in [-0.2, 0) is 0 Å². The zero-order valence-corrected chi connectivity index (χ0v) is 11.1. The predicted molar refractivity (Wildman–Crippen MR) is 68.0 cm³/mol. The van der Waals surface area contributed by atoms with Crippen LogP contribution >= 0.6 is 15.9 Å². The standard InChI is InChI=1S/C13H19BrN/c1-15(2)9-7-12(8-10-15)11-3-5-13(14)6-4-11/h3-6,12H,7-10H2,1-2H3/q+1. The van der Waals surface area contributed by atoms with Crippen molar-refractivity contribution in [3.05, 3.63) is 34.3 Å². The molecule has 2 heteroatoms. The molecule has 2 rings (SSSR count). The van der Waals surface area contributed by atoms with E-state index < -0.39 is 0 Å². The number of quaternary nitrogens is 1. The molecule has 1 aliphatic heterocycles. The monoisotopic (exact) mass is 268 g/mol. The minimum absolute atomic E-state index is 0.782. The van der Waals surface area contributed by atoms with Crippen LogP contribution in [0.3, 0.4) is 0 Å². The summed E-state index contributed by atoms with van der Waals surface area (Å²) < 4.78 is 2.37. The maximum atomic E-state index is 3.48. The number of nitrogens with zero attached hydrogens (tertiary/aromatic N) is 1. The van der Waals surface area contributed by atoms with E-state index in [0.29, 0.717) is 0 Å². The Labute approximate surface area is 101 Å². The van der Waals surface area contributed by atoms with Crippen LogP contribution in [0.4, 0.5) is 0 Å². The van der Waals surface area contributed by atoms with Gasteiger partial charge in [0.2, 0.25) is 0 Å². The van der Waals surface area contributed by atoms with E-state index in [1.165, 1.54) is 40.5 Å². The number of likely N-dealkylation sites (tertiary alicyclic amines) is 1. The first kappa shape index (κ1) is 11.2. The lowest BCUT2D eigenvalue weighted by atomic mass is 9.89.